The number of nitrogens with two attached hydrogens (primary N) is 1. The van der Waals surface area contributed by atoms with Crippen LogP contribution in [0.5, 0.6) is 5.88 Å². The molecule has 0 radical (unpaired) electrons. The number of nitrogens with one attached hydrogen (secondary N) is 1. The molecule has 0 bridgehead atoms. The van der Waals surface area contributed by atoms with E-state index in [0.717, 1.165) is 0 Å². The SMILES string of the molecule is CCOc1nc(N)nc2c1ncn2C1OC(CO)C2OC(=O)NC21C. The third kappa shape index (κ3) is 2.19. The predicted octanol–water partition coefficient (Wildman–Crippen LogP) is -0.436. The lowest BCUT2D eigenvalue weighted by Gasteiger charge is -2.27. The van der Waals surface area contributed by atoms with Gasteiger partial charge in [0.2, 0.25) is 11.8 Å². The summed E-state index contributed by atoms with van der Waals surface area (Å²) in [6.45, 7) is 3.71. The second-order valence-corrected chi connectivity index (χ2v) is 6.09. The summed E-state index contributed by atoms with van der Waals surface area (Å²) in [6.07, 6.45) is -1.06. The maximum atomic E-state index is 11.7. The van der Waals surface area contributed by atoms with Crippen molar-refractivity contribution in [1.29, 1.82) is 0 Å². The van der Waals surface area contributed by atoms with Crippen molar-refractivity contribution in [3.63, 3.8) is 0 Å². The number of hydrogen-bond donors (Lipinski definition) is 3. The zero-order valence-electron chi connectivity index (χ0n) is 13.7. The maximum Gasteiger partial charge on any atom is 0.408 e. The van der Waals surface area contributed by atoms with Crippen LogP contribution in [0.1, 0.15) is 20.1 Å². The van der Waals surface area contributed by atoms with Crippen molar-refractivity contribution < 1.29 is 24.1 Å². The monoisotopic (exact) mass is 350 g/mol. The minimum atomic E-state index is -0.899. The number of aromatic nitrogens is 4. The van der Waals surface area contributed by atoms with Crippen molar-refractivity contribution in [1.82, 2.24) is 24.8 Å². The molecule has 134 valence electrons. The standard InChI is InChI=1S/C14H18N6O5/c1-3-23-10-7-9(17-12(15)18-10)20(5-16-7)11-14(2)8(6(4-21)24-11)25-13(22)19-14/h5-6,8,11,21H,3-4H2,1-2H3,(H,19,22)(H2,15,17,18). The number of nitrogen functional groups attached to an aromatic ring is 1. The third-order valence-corrected chi connectivity index (χ3v) is 4.47. The largest absolute Gasteiger partial charge is 0.476 e. The second kappa shape index (κ2) is 5.43. The Labute approximate surface area is 142 Å². The van der Waals surface area contributed by atoms with Crippen LogP contribution in [0.2, 0.25) is 0 Å². The topological polar surface area (TPSA) is 147 Å². The van der Waals surface area contributed by atoms with Crippen molar-refractivity contribution >= 4 is 23.2 Å². The van der Waals surface area contributed by atoms with Crippen LogP contribution in [0.4, 0.5) is 10.7 Å². The molecule has 0 aliphatic carbocycles. The molecule has 11 nitrogen and oxygen atoms in total. The number of amides is 1. The van der Waals surface area contributed by atoms with Crippen molar-refractivity contribution in [2.75, 3.05) is 18.9 Å². The van der Waals surface area contributed by atoms with Gasteiger partial charge < -0.3 is 30.4 Å². The molecule has 2 saturated heterocycles. The number of imidazole rings is 1. The van der Waals surface area contributed by atoms with E-state index in [2.05, 4.69) is 20.3 Å². The molecule has 0 saturated carbocycles. The van der Waals surface area contributed by atoms with Crippen LogP contribution in [0, 0.1) is 0 Å². The molecule has 0 aromatic carbocycles. The predicted molar refractivity (Wildman–Crippen MR) is 83.7 cm³/mol. The number of carbonyl (C=O) groups is 1. The summed E-state index contributed by atoms with van der Waals surface area (Å²) >= 11 is 0. The zero-order chi connectivity index (χ0) is 17.8. The number of rotatable bonds is 4. The molecule has 4 atom stereocenters. The molecular weight excluding hydrogens is 332 g/mol. The number of ether oxygens (including phenoxy) is 3. The van der Waals surface area contributed by atoms with Gasteiger partial charge in [0.1, 0.15) is 11.6 Å². The van der Waals surface area contributed by atoms with E-state index >= 15 is 0 Å². The van der Waals surface area contributed by atoms with E-state index in [4.69, 9.17) is 19.9 Å². The van der Waals surface area contributed by atoms with Crippen LogP contribution in [0.15, 0.2) is 6.33 Å². The Bertz CT molecular complexity index is 840. The molecule has 2 aliphatic heterocycles. The summed E-state index contributed by atoms with van der Waals surface area (Å²) in [7, 11) is 0. The highest BCUT2D eigenvalue weighted by molar-refractivity contribution is 5.78. The van der Waals surface area contributed by atoms with Crippen LogP contribution in [-0.4, -0.2) is 61.7 Å². The lowest BCUT2D eigenvalue weighted by molar-refractivity contribution is -0.0535. The Balaban J connectivity index is 1.83. The van der Waals surface area contributed by atoms with Gasteiger partial charge in [-0.1, -0.05) is 0 Å². The van der Waals surface area contributed by atoms with Gasteiger partial charge in [-0.05, 0) is 13.8 Å². The Morgan fingerprint density at radius 1 is 1.52 bits per heavy atom. The molecule has 1 amide bonds. The van der Waals surface area contributed by atoms with E-state index in [1.807, 2.05) is 6.92 Å². The number of anilines is 1. The number of fused-ring (bicyclic) bond motifs is 2. The minimum absolute atomic E-state index is 0.0304. The Kier molecular flexibility index (Phi) is 3.44. The van der Waals surface area contributed by atoms with Crippen LogP contribution in [-0.2, 0) is 9.47 Å². The molecule has 4 N–H and O–H groups in total. The normalized spacial score (nSPS) is 31.0. The van der Waals surface area contributed by atoms with Gasteiger partial charge in [0.05, 0.1) is 19.5 Å². The van der Waals surface area contributed by atoms with E-state index in [1.54, 1.807) is 11.5 Å². The van der Waals surface area contributed by atoms with Gasteiger partial charge in [-0.3, -0.25) is 4.57 Å². The van der Waals surface area contributed by atoms with Crippen molar-refractivity contribution in [2.45, 2.75) is 37.8 Å². The average Bonchev–Trinajstić information content (AvgIpc) is 3.17. The summed E-state index contributed by atoms with van der Waals surface area (Å²) in [5.41, 5.74) is 5.71. The molecule has 4 unspecified atom stereocenters. The average molecular weight is 350 g/mol. The van der Waals surface area contributed by atoms with Crippen molar-refractivity contribution in [3.8, 4) is 5.88 Å². The quantitative estimate of drug-likeness (QED) is 0.668. The number of aliphatic hydroxyl groups is 1. The first-order valence-electron chi connectivity index (χ1n) is 7.86. The van der Waals surface area contributed by atoms with Crippen LogP contribution in [0.3, 0.4) is 0 Å². The van der Waals surface area contributed by atoms with Gasteiger partial charge in [0.15, 0.2) is 23.5 Å². The van der Waals surface area contributed by atoms with Gasteiger partial charge in [0.25, 0.3) is 0 Å². The highest BCUT2D eigenvalue weighted by atomic mass is 16.6. The Morgan fingerprint density at radius 3 is 3.04 bits per heavy atom. The molecule has 4 rings (SSSR count). The van der Waals surface area contributed by atoms with E-state index < -0.39 is 30.1 Å². The smallest absolute Gasteiger partial charge is 0.408 e. The third-order valence-electron chi connectivity index (χ3n) is 4.47. The van der Waals surface area contributed by atoms with Gasteiger partial charge >= 0.3 is 6.09 Å². The number of alkyl carbamates (subject to hydrolysis) is 1. The Morgan fingerprint density at radius 2 is 2.32 bits per heavy atom. The van der Waals surface area contributed by atoms with Gasteiger partial charge in [-0.2, -0.15) is 9.97 Å². The van der Waals surface area contributed by atoms with E-state index in [1.165, 1.54) is 6.33 Å². The summed E-state index contributed by atoms with van der Waals surface area (Å²) in [5.74, 6) is 0.302. The fourth-order valence-electron chi connectivity index (χ4n) is 3.41. The zero-order valence-corrected chi connectivity index (χ0v) is 13.7. The molecule has 11 heteroatoms. The first-order valence-corrected chi connectivity index (χ1v) is 7.86. The second-order valence-electron chi connectivity index (χ2n) is 6.09. The molecule has 25 heavy (non-hydrogen) atoms. The Hall–Kier alpha value is -2.66. The first kappa shape index (κ1) is 15.8. The highest BCUT2D eigenvalue weighted by Crippen LogP contribution is 2.44. The molecule has 2 fully saturated rings. The van der Waals surface area contributed by atoms with E-state index in [9.17, 15) is 9.90 Å². The minimum Gasteiger partial charge on any atom is -0.476 e. The summed E-state index contributed by atoms with van der Waals surface area (Å²) in [5, 5.41) is 12.3. The number of hydrogen-bond acceptors (Lipinski definition) is 9. The molecule has 4 heterocycles. The van der Waals surface area contributed by atoms with Crippen LogP contribution >= 0.6 is 0 Å². The van der Waals surface area contributed by atoms with Crippen LogP contribution in [0.25, 0.3) is 11.2 Å². The van der Waals surface area contributed by atoms with Gasteiger partial charge in [-0.15, -0.1) is 0 Å². The number of carbonyl (C=O) groups excluding carboxylic acids is 1. The molecule has 2 aromatic rings. The highest BCUT2D eigenvalue weighted by Gasteiger charge is 2.61. The fraction of sp³-hybridized carbons (Fsp3) is 0.571. The first-order chi connectivity index (χ1) is 12.0. The van der Waals surface area contributed by atoms with Gasteiger partial charge in [-0.25, -0.2) is 9.78 Å². The van der Waals surface area contributed by atoms with Gasteiger partial charge in [0, 0.05) is 0 Å². The lowest BCUT2D eigenvalue weighted by atomic mass is 9.93. The summed E-state index contributed by atoms with van der Waals surface area (Å²) < 4.78 is 18.3. The molecule has 2 aromatic heterocycles. The molecule has 2 aliphatic rings. The molecular formula is C14H18N6O5. The van der Waals surface area contributed by atoms with Crippen molar-refractivity contribution in [2.24, 2.45) is 0 Å². The lowest BCUT2D eigenvalue weighted by Crippen LogP contribution is -2.49. The maximum absolute atomic E-state index is 11.7. The van der Waals surface area contributed by atoms with E-state index in [-0.39, 0.29) is 18.4 Å². The molecule has 0 spiro atoms. The van der Waals surface area contributed by atoms with E-state index in [0.29, 0.717) is 17.8 Å². The number of nitrogens with zero attached hydrogens (tertiary/aromatic N) is 4. The number of aliphatic hydroxyl groups excluding tert-OH is 1. The summed E-state index contributed by atoms with van der Waals surface area (Å²) in [6, 6.07) is 0. The summed E-state index contributed by atoms with van der Waals surface area (Å²) in [4.78, 5) is 24.3. The van der Waals surface area contributed by atoms with Crippen LogP contribution < -0.4 is 15.8 Å². The van der Waals surface area contributed by atoms with Crippen molar-refractivity contribution in [3.05, 3.63) is 6.33 Å². The fourth-order valence-corrected chi connectivity index (χ4v) is 3.41.